The zero-order valence-corrected chi connectivity index (χ0v) is 13.1. The molecular weight excluding hydrogens is 266 g/mol. The van der Waals surface area contributed by atoms with Gasteiger partial charge in [-0.2, -0.15) is 0 Å². The summed E-state index contributed by atoms with van der Waals surface area (Å²) in [5.74, 6) is 0.880. The van der Waals surface area contributed by atoms with Crippen LogP contribution >= 0.6 is 0 Å². The van der Waals surface area contributed by atoms with Crippen molar-refractivity contribution < 1.29 is 14.6 Å². The molecule has 0 aromatic heterocycles. The molecule has 1 aliphatic rings. The van der Waals surface area contributed by atoms with Crippen molar-refractivity contribution >= 4 is 0 Å². The molecule has 0 aliphatic carbocycles. The van der Waals surface area contributed by atoms with Crippen molar-refractivity contribution in [3.05, 3.63) is 29.8 Å². The molecule has 4 nitrogen and oxygen atoms in total. The molecule has 2 N–H and O–H groups in total. The smallest absolute Gasteiger partial charge is 0.118 e. The highest BCUT2D eigenvalue weighted by molar-refractivity contribution is 5.29. The molecule has 1 heterocycles. The molecular formula is C17H27NO3. The number of hydrogen-bond acceptors (Lipinski definition) is 4. The van der Waals surface area contributed by atoms with E-state index in [1.165, 1.54) is 5.56 Å². The summed E-state index contributed by atoms with van der Waals surface area (Å²) in [7, 11) is 1.68. The summed E-state index contributed by atoms with van der Waals surface area (Å²) in [6.45, 7) is 4.74. The Hall–Kier alpha value is -1.10. The zero-order valence-electron chi connectivity index (χ0n) is 13.1. The fourth-order valence-electron chi connectivity index (χ4n) is 2.87. The van der Waals surface area contributed by atoms with Gasteiger partial charge in [0.25, 0.3) is 0 Å². The third kappa shape index (κ3) is 4.19. The molecule has 1 aliphatic heterocycles. The quantitative estimate of drug-likeness (QED) is 0.811. The van der Waals surface area contributed by atoms with E-state index in [1.54, 1.807) is 7.11 Å². The summed E-state index contributed by atoms with van der Waals surface area (Å²) in [5, 5.41) is 13.4. The Morgan fingerprint density at radius 2 is 1.95 bits per heavy atom. The summed E-state index contributed by atoms with van der Waals surface area (Å²) >= 11 is 0. The molecule has 1 atom stereocenters. The van der Waals surface area contributed by atoms with Crippen LogP contribution < -0.4 is 10.1 Å². The van der Waals surface area contributed by atoms with Crippen LogP contribution in [0.4, 0.5) is 0 Å². The maximum Gasteiger partial charge on any atom is 0.118 e. The standard InChI is InChI=1S/C17H27NO3/c1-3-16(14-4-6-15(20-2)7-5-14)18-12-17(13-19)8-10-21-11-9-17/h4-7,16,18-19H,3,8-13H2,1-2H3. The van der Waals surface area contributed by atoms with Gasteiger partial charge in [0.2, 0.25) is 0 Å². The van der Waals surface area contributed by atoms with E-state index in [1.807, 2.05) is 12.1 Å². The van der Waals surface area contributed by atoms with Crippen molar-refractivity contribution in [1.29, 1.82) is 0 Å². The third-order valence-corrected chi connectivity index (χ3v) is 4.54. The number of rotatable bonds is 7. The van der Waals surface area contributed by atoms with Crippen LogP contribution in [-0.2, 0) is 4.74 Å². The fourth-order valence-corrected chi connectivity index (χ4v) is 2.87. The second-order valence-corrected chi connectivity index (χ2v) is 5.89. The molecule has 1 unspecified atom stereocenters. The van der Waals surface area contributed by atoms with E-state index < -0.39 is 0 Å². The molecule has 1 saturated heterocycles. The highest BCUT2D eigenvalue weighted by Crippen LogP contribution is 2.30. The molecule has 0 spiro atoms. The first-order chi connectivity index (χ1) is 10.2. The van der Waals surface area contributed by atoms with E-state index in [-0.39, 0.29) is 12.0 Å². The van der Waals surface area contributed by atoms with Gasteiger partial charge in [0.1, 0.15) is 5.75 Å². The first kappa shape index (κ1) is 16.3. The number of hydrogen-bond donors (Lipinski definition) is 2. The summed E-state index contributed by atoms with van der Waals surface area (Å²) in [6.07, 6.45) is 2.87. The highest BCUT2D eigenvalue weighted by atomic mass is 16.5. The molecule has 1 aromatic carbocycles. The maximum atomic E-state index is 9.75. The normalized spacial score (nSPS) is 19.2. The molecule has 1 fully saturated rings. The van der Waals surface area contributed by atoms with Crippen LogP contribution in [0.3, 0.4) is 0 Å². The molecule has 0 bridgehead atoms. The van der Waals surface area contributed by atoms with Crippen LogP contribution in [0.1, 0.15) is 37.8 Å². The number of nitrogens with one attached hydrogen (secondary N) is 1. The minimum Gasteiger partial charge on any atom is -0.497 e. The number of ether oxygens (including phenoxy) is 2. The maximum absolute atomic E-state index is 9.75. The van der Waals surface area contributed by atoms with Crippen molar-refractivity contribution in [1.82, 2.24) is 5.32 Å². The Balaban J connectivity index is 1.97. The van der Waals surface area contributed by atoms with E-state index in [4.69, 9.17) is 9.47 Å². The summed E-state index contributed by atoms with van der Waals surface area (Å²) in [5.41, 5.74) is 1.23. The fraction of sp³-hybridized carbons (Fsp3) is 0.647. The van der Waals surface area contributed by atoms with Gasteiger partial charge < -0.3 is 19.9 Å². The van der Waals surface area contributed by atoms with Gasteiger partial charge in [-0.25, -0.2) is 0 Å². The van der Waals surface area contributed by atoms with Crippen LogP contribution in [0.25, 0.3) is 0 Å². The topological polar surface area (TPSA) is 50.7 Å². The molecule has 1 aromatic rings. The Morgan fingerprint density at radius 1 is 1.29 bits per heavy atom. The minimum atomic E-state index is -0.0296. The van der Waals surface area contributed by atoms with Crippen molar-refractivity contribution in [2.24, 2.45) is 5.41 Å². The lowest BCUT2D eigenvalue weighted by Crippen LogP contribution is -2.42. The van der Waals surface area contributed by atoms with Gasteiger partial charge in [-0.15, -0.1) is 0 Å². The first-order valence-corrected chi connectivity index (χ1v) is 7.79. The van der Waals surface area contributed by atoms with E-state index in [2.05, 4.69) is 24.4 Å². The minimum absolute atomic E-state index is 0.0296. The summed E-state index contributed by atoms with van der Waals surface area (Å²) in [6, 6.07) is 8.51. The number of aliphatic hydroxyl groups excluding tert-OH is 1. The van der Waals surface area contributed by atoms with Gasteiger partial charge in [0.15, 0.2) is 0 Å². The second kappa shape index (κ2) is 7.78. The Kier molecular flexibility index (Phi) is 6.03. The molecule has 0 saturated carbocycles. The molecule has 118 valence electrons. The van der Waals surface area contributed by atoms with Crippen molar-refractivity contribution in [2.45, 2.75) is 32.2 Å². The molecule has 0 amide bonds. The molecule has 2 rings (SSSR count). The molecule has 21 heavy (non-hydrogen) atoms. The van der Waals surface area contributed by atoms with Crippen LogP contribution in [0.2, 0.25) is 0 Å². The molecule has 0 radical (unpaired) electrons. The Labute approximate surface area is 127 Å². The van der Waals surface area contributed by atoms with Crippen molar-refractivity contribution in [3.8, 4) is 5.75 Å². The summed E-state index contributed by atoms with van der Waals surface area (Å²) in [4.78, 5) is 0. The van der Waals surface area contributed by atoms with Crippen LogP contribution in [0.15, 0.2) is 24.3 Å². The van der Waals surface area contributed by atoms with Gasteiger partial charge in [0.05, 0.1) is 13.7 Å². The van der Waals surface area contributed by atoms with E-state index in [9.17, 15) is 5.11 Å². The van der Waals surface area contributed by atoms with Gasteiger partial charge in [0, 0.05) is 31.2 Å². The van der Waals surface area contributed by atoms with E-state index >= 15 is 0 Å². The predicted molar refractivity (Wildman–Crippen MR) is 83.6 cm³/mol. The van der Waals surface area contributed by atoms with Crippen LogP contribution in [0, 0.1) is 5.41 Å². The Bertz CT molecular complexity index is 413. The van der Waals surface area contributed by atoms with Crippen LogP contribution in [-0.4, -0.2) is 38.6 Å². The van der Waals surface area contributed by atoms with Crippen molar-refractivity contribution in [2.75, 3.05) is 33.5 Å². The number of methoxy groups -OCH3 is 1. The number of aliphatic hydroxyl groups is 1. The lowest BCUT2D eigenvalue weighted by Gasteiger charge is -2.37. The van der Waals surface area contributed by atoms with Crippen molar-refractivity contribution in [3.63, 3.8) is 0 Å². The average Bonchev–Trinajstić information content (AvgIpc) is 2.57. The monoisotopic (exact) mass is 293 g/mol. The predicted octanol–water partition coefficient (Wildman–Crippen LogP) is 2.53. The average molecular weight is 293 g/mol. The largest absolute Gasteiger partial charge is 0.497 e. The Morgan fingerprint density at radius 3 is 2.48 bits per heavy atom. The summed E-state index contributed by atoms with van der Waals surface area (Å²) < 4.78 is 10.6. The van der Waals surface area contributed by atoms with Gasteiger partial charge in [-0.3, -0.25) is 0 Å². The number of benzene rings is 1. The highest BCUT2D eigenvalue weighted by Gasteiger charge is 2.32. The zero-order chi connectivity index (χ0) is 15.1. The first-order valence-electron chi connectivity index (χ1n) is 7.79. The van der Waals surface area contributed by atoms with Gasteiger partial charge in [-0.05, 0) is 37.0 Å². The second-order valence-electron chi connectivity index (χ2n) is 5.89. The molecule has 4 heteroatoms. The van der Waals surface area contributed by atoms with E-state index in [0.29, 0.717) is 6.04 Å². The SMILES string of the molecule is CCC(NCC1(CO)CCOCC1)c1ccc(OC)cc1. The third-order valence-electron chi connectivity index (χ3n) is 4.54. The van der Waals surface area contributed by atoms with Gasteiger partial charge >= 0.3 is 0 Å². The van der Waals surface area contributed by atoms with Gasteiger partial charge in [-0.1, -0.05) is 19.1 Å². The lowest BCUT2D eigenvalue weighted by molar-refractivity contribution is -0.0166. The lowest BCUT2D eigenvalue weighted by atomic mass is 9.80. The van der Waals surface area contributed by atoms with Crippen LogP contribution in [0.5, 0.6) is 5.75 Å². The van der Waals surface area contributed by atoms with E-state index in [0.717, 1.165) is 44.8 Å².